The van der Waals surface area contributed by atoms with Crippen LogP contribution in [0, 0.1) is 6.92 Å². The molecule has 3 heterocycles. The van der Waals surface area contributed by atoms with Crippen LogP contribution in [0.3, 0.4) is 0 Å². The van der Waals surface area contributed by atoms with Gasteiger partial charge < -0.3 is 14.5 Å². The van der Waals surface area contributed by atoms with E-state index in [0.717, 1.165) is 23.0 Å². The number of thiazole rings is 1. The van der Waals surface area contributed by atoms with Crippen molar-refractivity contribution in [1.29, 1.82) is 0 Å². The summed E-state index contributed by atoms with van der Waals surface area (Å²) >= 11 is 1.59. The molecule has 0 spiro atoms. The first kappa shape index (κ1) is 18.1. The molecule has 0 aliphatic carbocycles. The highest BCUT2D eigenvalue weighted by molar-refractivity contribution is 7.09. The van der Waals surface area contributed by atoms with E-state index in [-0.39, 0.29) is 18.2 Å². The van der Waals surface area contributed by atoms with Gasteiger partial charge in [-0.1, -0.05) is 18.2 Å². The third kappa shape index (κ3) is 4.01. The number of aromatic nitrogens is 3. The molecule has 4 aromatic rings. The topological polar surface area (TPSA) is 90.1 Å². The number of nitrogens with one attached hydrogen (secondary N) is 1. The van der Waals surface area contributed by atoms with E-state index in [2.05, 4.69) is 20.3 Å². The van der Waals surface area contributed by atoms with Crippen molar-refractivity contribution in [2.45, 2.75) is 20.0 Å². The van der Waals surface area contributed by atoms with Gasteiger partial charge in [-0.15, -0.1) is 11.3 Å². The van der Waals surface area contributed by atoms with Gasteiger partial charge in [-0.2, -0.15) is 0 Å². The molecule has 3 aromatic heterocycles. The zero-order valence-electron chi connectivity index (χ0n) is 15.2. The summed E-state index contributed by atoms with van der Waals surface area (Å²) < 4.78 is 11.2. The first-order valence-corrected chi connectivity index (χ1v) is 9.67. The molecular formula is C20H18N4O3S. The van der Waals surface area contributed by atoms with Crippen LogP contribution in [0.2, 0.25) is 0 Å². The summed E-state index contributed by atoms with van der Waals surface area (Å²) in [5.74, 6) is 0.697. The van der Waals surface area contributed by atoms with E-state index in [1.165, 1.54) is 11.1 Å². The number of aryl methyl sites for hydroxylation is 1. The van der Waals surface area contributed by atoms with Gasteiger partial charge in [0.1, 0.15) is 17.5 Å². The van der Waals surface area contributed by atoms with Crippen molar-refractivity contribution in [2.24, 2.45) is 0 Å². The molecule has 0 saturated carbocycles. The fourth-order valence-corrected chi connectivity index (χ4v) is 3.54. The highest BCUT2D eigenvalue weighted by Crippen LogP contribution is 2.23. The molecule has 0 radical (unpaired) electrons. The molecule has 0 bridgehead atoms. The Hall–Kier alpha value is -3.26. The number of nitrogens with zero attached hydrogens (tertiary/aromatic N) is 3. The van der Waals surface area contributed by atoms with E-state index in [9.17, 15) is 4.79 Å². The lowest BCUT2D eigenvalue weighted by molar-refractivity contribution is 0.0949. The molecule has 8 heteroatoms. The monoisotopic (exact) mass is 394 g/mol. The van der Waals surface area contributed by atoms with E-state index in [0.29, 0.717) is 18.2 Å². The fraction of sp³-hybridized carbons (Fsp3) is 0.200. The molecule has 142 valence electrons. The number of oxazole rings is 1. The molecular weight excluding hydrogens is 376 g/mol. The van der Waals surface area contributed by atoms with Crippen LogP contribution >= 0.6 is 11.3 Å². The zero-order chi connectivity index (χ0) is 19.3. The van der Waals surface area contributed by atoms with Gasteiger partial charge in [0.15, 0.2) is 12.3 Å². The highest BCUT2D eigenvalue weighted by Gasteiger charge is 2.13. The molecule has 0 aliphatic rings. The molecule has 7 nitrogen and oxygen atoms in total. The van der Waals surface area contributed by atoms with Crippen molar-refractivity contribution < 1.29 is 13.9 Å². The zero-order valence-corrected chi connectivity index (χ0v) is 16.0. The Morgan fingerprint density at radius 3 is 3.00 bits per heavy atom. The number of amides is 1. The number of hydrogen-bond donors (Lipinski definition) is 1. The Morgan fingerprint density at radius 1 is 1.25 bits per heavy atom. The summed E-state index contributed by atoms with van der Waals surface area (Å²) in [7, 11) is 0. The average molecular weight is 394 g/mol. The van der Waals surface area contributed by atoms with Gasteiger partial charge in [0.05, 0.1) is 11.2 Å². The minimum Gasteiger partial charge on any atom is -0.482 e. The van der Waals surface area contributed by atoms with Crippen molar-refractivity contribution in [3.8, 4) is 5.75 Å². The maximum atomic E-state index is 12.2. The van der Waals surface area contributed by atoms with E-state index < -0.39 is 0 Å². The molecule has 0 unspecified atom stereocenters. The predicted octanol–water partition coefficient (Wildman–Crippen LogP) is 3.54. The van der Waals surface area contributed by atoms with Crippen molar-refractivity contribution in [2.75, 3.05) is 6.54 Å². The fourth-order valence-electron chi connectivity index (χ4n) is 2.76. The van der Waals surface area contributed by atoms with Gasteiger partial charge in [-0.05, 0) is 19.1 Å². The number of hydrogen-bond acceptors (Lipinski definition) is 7. The molecule has 1 aromatic carbocycles. The lowest BCUT2D eigenvalue weighted by atomic mass is 10.2. The number of pyridine rings is 1. The van der Waals surface area contributed by atoms with Crippen LogP contribution < -0.4 is 10.1 Å². The lowest BCUT2D eigenvalue weighted by Crippen LogP contribution is -2.26. The first-order chi connectivity index (χ1) is 13.7. The standard InChI is InChI=1S/C20H18N4O3S/c1-13-17(28-12-23-13)7-9-22-20(25)15-10-27-18(24-15)11-26-16-6-2-4-14-5-3-8-21-19(14)16/h2-6,8,10,12H,7,9,11H2,1H3,(H,22,25). The summed E-state index contributed by atoms with van der Waals surface area (Å²) in [5.41, 5.74) is 3.81. The van der Waals surface area contributed by atoms with Crippen molar-refractivity contribution in [3.05, 3.63) is 70.5 Å². The van der Waals surface area contributed by atoms with Gasteiger partial charge in [0.25, 0.3) is 5.91 Å². The maximum absolute atomic E-state index is 12.2. The Bertz CT molecular complexity index is 1100. The molecule has 1 amide bonds. The molecule has 0 saturated heterocycles. The van der Waals surface area contributed by atoms with Crippen molar-refractivity contribution in [1.82, 2.24) is 20.3 Å². The Kier molecular flexibility index (Phi) is 5.29. The quantitative estimate of drug-likeness (QED) is 0.516. The van der Waals surface area contributed by atoms with E-state index in [1.807, 2.05) is 42.8 Å². The number of carbonyl (C=O) groups is 1. The second-order valence-corrected chi connectivity index (χ2v) is 7.05. The maximum Gasteiger partial charge on any atom is 0.273 e. The molecule has 0 fully saturated rings. The van der Waals surface area contributed by atoms with Crippen molar-refractivity contribution in [3.63, 3.8) is 0 Å². The third-order valence-corrected chi connectivity index (χ3v) is 5.21. The summed E-state index contributed by atoms with van der Waals surface area (Å²) in [4.78, 5) is 26.1. The number of para-hydroxylation sites is 1. The summed E-state index contributed by atoms with van der Waals surface area (Å²) in [6.45, 7) is 2.59. The number of rotatable bonds is 7. The summed E-state index contributed by atoms with van der Waals surface area (Å²) in [6.07, 6.45) is 3.80. The van der Waals surface area contributed by atoms with Crippen LogP contribution in [0.25, 0.3) is 10.9 Å². The number of fused-ring (bicyclic) bond motifs is 1. The van der Waals surface area contributed by atoms with E-state index in [1.54, 1.807) is 17.5 Å². The smallest absolute Gasteiger partial charge is 0.273 e. The molecule has 4 rings (SSSR count). The second-order valence-electron chi connectivity index (χ2n) is 6.11. The van der Waals surface area contributed by atoms with Crippen LogP contribution in [-0.4, -0.2) is 27.4 Å². The largest absolute Gasteiger partial charge is 0.482 e. The molecule has 1 N–H and O–H groups in total. The average Bonchev–Trinajstić information content (AvgIpc) is 3.35. The normalized spacial score (nSPS) is 10.9. The molecule has 0 atom stereocenters. The van der Waals surface area contributed by atoms with Gasteiger partial charge >= 0.3 is 0 Å². The van der Waals surface area contributed by atoms with Gasteiger partial charge in [0, 0.05) is 29.4 Å². The minimum atomic E-state index is -0.274. The lowest BCUT2D eigenvalue weighted by Gasteiger charge is -2.06. The number of ether oxygens (including phenoxy) is 1. The minimum absolute atomic E-state index is 0.114. The SMILES string of the molecule is Cc1ncsc1CCNC(=O)c1coc(COc2cccc3cccnc23)n1. The van der Waals surface area contributed by atoms with Crippen LogP contribution in [0.15, 0.2) is 52.7 Å². The molecule has 28 heavy (non-hydrogen) atoms. The number of benzene rings is 1. The van der Waals surface area contributed by atoms with Gasteiger partial charge in [0.2, 0.25) is 5.89 Å². The van der Waals surface area contributed by atoms with Crippen LogP contribution in [0.1, 0.15) is 27.0 Å². The Labute approximate surface area is 165 Å². The Balaban J connectivity index is 1.33. The van der Waals surface area contributed by atoms with Crippen LogP contribution in [0.4, 0.5) is 0 Å². The van der Waals surface area contributed by atoms with E-state index >= 15 is 0 Å². The van der Waals surface area contributed by atoms with E-state index in [4.69, 9.17) is 9.15 Å². The summed E-state index contributed by atoms with van der Waals surface area (Å²) in [5, 5.41) is 3.83. The highest BCUT2D eigenvalue weighted by atomic mass is 32.1. The van der Waals surface area contributed by atoms with Gasteiger partial charge in [-0.25, -0.2) is 9.97 Å². The first-order valence-electron chi connectivity index (χ1n) is 8.79. The summed E-state index contributed by atoms with van der Waals surface area (Å²) in [6, 6.07) is 9.56. The van der Waals surface area contributed by atoms with Crippen LogP contribution in [0.5, 0.6) is 5.75 Å². The third-order valence-electron chi connectivity index (χ3n) is 4.21. The second kappa shape index (κ2) is 8.18. The van der Waals surface area contributed by atoms with Crippen LogP contribution in [-0.2, 0) is 13.0 Å². The van der Waals surface area contributed by atoms with Crippen molar-refractivity contribution >= 4 is 28.1 Å². The van der Waals surface area contributed by atoms with Gasteiger partial charge in [-0.3, -0.25) is 9.78 Å². The Morgan fingerprint density at radius 2 is 2.14 bits per heavy atom. The predicted molar refractivity (Wildman–Crippen MR) is 105 cm³/mol. The molecule has 0 aliphatic heterocycles. The number of carbonyl (C=O) groups excluding carboxylic acids is 1.